The molecule has 20 heavy (non-hydrogen) atoms. The van der Waals surface area contributed by atoms with E-state index in [1.165, 1.54) is 0 Å². The fourth-order valence-corrected chi connectivity index (χ4v) is 3.19. The van der Waals surface area contributed by atoms with Crippen molar-refractivity contribution in [3.8, 4) is 0 Å². The zero-order valence-corrected chi connectivity index (χ0v) is 12.3. The van der Waals surface area contributed by atoms with E-state index in [0.717, 1.165) is 45.4 Å². The van der Waals surface area contributed by atoms with E-state index in [-0.39, 0.29) is 5.60 Å². The Morgan fingerprint density at radius 2 is 2.20 bits per heavy atom. The molecule has 2 aliphatic heterocycles. The Kier molecular flexibility index (Phi) is 3.56. The number of nitrogens with one attached hydrogen (secondary N) is 1. The van der Waals surface area contributed by atoms with Crippen LogP contribution in [0, 0.1) is 0 Å². The first-order chi connectivity index (χ1) is 9.49. The van der Waals surface area contributed by atoms with Gasteiger partial charge in [0, 0.05) is 6.61 Å². The summed E-state index contributed by atoms with van der Waals surface area (Å²) < 4.78 is 8.00. The highest BCUT2D eigenvalue weighted by molar-refractivity contribution is 5.04. The molecule has 0 amide bonds. The molecule has 2 aliphatic rings. The van der Waals surface area contributed by atoms with Crippen LogP contribution in [0.1, 0.15) is 51.3 Å². The van der Waals surface area contributed by atoms with Gasteiger partial charge in [-0.25, -0.2) is 4.68 Å². The van der Waals surface area contributed by atoms with Crippen molar-refractivity contribution in [2.45, 2.75) is 56.8 Å². The lowest BCUT2D eigenvalue weighted by molar-refractivity contribution is -0.112. The lowest BCUT2D eigenvalue weighted by Crippen LogP contribution is -2.48. The van der Waals surface area contributed by atoms with Gasteiger partial charge in [-0.1, -0.05) is 5.21 Å². The van der Waals surface area contributed by atoms with E-state index in [2.05, 4.69) is 15.6 Å². The Balaban J connectivity index is 1.75. The monoisotopic (exact) mass is 280 g/mol. The van der Waals surface area contributed by atoms with Gasteiger partial charge in [-0.2, -0.15) is 0 Å². The zero-order valence-electron chi connectivity index (χ0n) is 12.3. The third-order valence-electron chi connectivity index (χ3n) is 4.49. The van der Waals surface area contributed by atoms with Crippen LogP contribution in [0.25, 0.3) is 0 Å². The average Bonchev–Trinajstić information content (AvgIpc) is 2.89. The summed E-state index contributed by atoms with van der Waals surface area (Å²) in [6, 6.07) is 0.324. The molecule has 2 N–H and O–H groups in total. The molecule has 0 bridgehead atoms. The molecule has 112 valence electrons. The van der Waals surface area contributed by atoms with Gasteiger partial charge >= 0.3 is 0 Å². The summed E-state index contributed by atoms with van der Waals surface area (Å²) in [6.45, 7) is 6.31. The molecule has 3 heterocycles. The third-order valence-corrected chi connectivity index (χ3v) is 4.49. The molecule has 0 aromatic carbocycles. The Morgan fingerprint density at radius 3 is 2.85 bits per heavy atom. The first kappa shape index (κ1) is 14.0. The van der Waals surface area contributed by atoms with E-state index >= 15 is 0 Å². The molecule has 1 aromatic heterocycles. The first-order valence-electron chi connectivity index (χ1n) is 7.48. The summed E-state index contributed by atoms with van der Waals surface area (Å²) in [7, 11) is 0. The highest BCUT2D eigenvalue weighted by Crippen LogP contribution is 2.38. The smallest absolute Gasteiger partial charge is 0.114 e. The van der Waals surface area contributed by atoms with Crippen molar-refractivity contribution in [1.29, 1.82) is 0 Å². The second-order valence-electron chi connectivity index (χ2n) is 6.57. The predicted octanol–water partition coefficient (Wildman–Crippen LogP) is 0.979. The van der Waals surface area contributed by atoms with Crippen molar-refractivity contribution in [2.75, 3.05) is 19.7 Å². The number of aliphatic hydroxyl groups is 1. The second-order valence-corrected chi connectivity index (χ2v) is 6.57. The molecule has 0 radical (unpaired) electrons. The van der Waals surface area contributed by atoms with Crippen molar-refractivity contribution in [3.63, 3.8) is 0 Å². The number of hydrogen-bond donors (Lipinski definition) is 2. The lowest BCUT2D eigenvalue weighted by atomic mass is 9.83. The molecule has 2 fully saturated rings. The third kappa shape index (κ3) is 2.73. The van der Waals surface area contributed by atoms with Crippen LogP contribution in [0.2, 0.25) is 0 Å². The van der Waals surface area contributed by atoms with Crippen LogP contribution in [0.4, 0.5) is 0 Å². The molecule has 6 nitrogen and oxygen atoms in total. The van der Waals surface area contributed by atoms with E-state index in [0.29, 0.717) is 11.7 Å². The average molecular weight is 280 g/mol. The Hall–Kier alpha value is -0.980. The van der Waals surface area contributed by atoms with E-state index in [1.54, 1.807) is 13.8 Å². The minimum Gasteiger partial charge on any atom is -0.384 e. The summed E-state index contributed by atoms with van der Waals surface area (Å²) in [6.07, 6.45) is 5.96. The standard InChI is InChI=1S/C14H24N4O2/c1-13(2,19)12-10-18(17-16-12)11-3-8-20-14(9-11)4-6-15-7-5-14/h10-11,15,19H,3-9H2,1-2H3. The van der Waals surface area contributed by atoms with Gasteiger partial charge in [0.15, 0.2) is 0 Å². The van der Waals surface area contributed by atoms with Crippen LogP contribution >= 0.6 is 0 Å². The highest BCUT2D eigenvalue weighted by atomic mass is 16.5. The van der Waals surface area contributed by atoms with E-state index < -0.39 is 5.60 Å². The minimum atomic E-state index is -0.935. The molecule has 1 spiro atoms. The van der Waals surface area contributed by atoms with Crippen LogP contribution in [0.5, 0.6) is 0 Å². The number of piperidine rings is 1. The lowest BCUT2D eigenvalue weighted by Gasteiger charge is -2.43. The van der Waals surface area contributed by atoms with Crippen molar-refractivity contribution in [3.05, 3.63) is 11.9 Å². The Labute approximate surface area is 119 Å². The van der Waals surface area contributed by atoms with E-state index in [9.17, 15) is 5.11 Å². The van der Waals surface area contributed by atoms with Crippen LogP contribution in [-0.2, 0) is 10.3 Å². The molecule has 1 aromatic rings. The van der Waals surface area contributed by atoms with Gasteiger partial charge in [-0.3, -0.25) is 0 Å². The number of nitrogens with zero attached hydrogens (tertiary/aromatic N) is 3. The van der Waals surface area contributed by atoms with Gasteiger partial charge in [-0.05, 0) is 52.6 Å². The topological polar surface area (TPSA) is 72.2 Å². The molecule has 6 heteroatoms. The van der Waals surface area contributed by atoms with Crippen LogP contribution < -0.4 is 5.32 Å². The summed E-state index contributed by atoms with van der Waals surface area (Å²) in [5.41, 5.74) is -0.298. The molecule has 1 atom stereocenters. The maximum absolute atomic E-state index is 9.99. The van der Waals surface area contributed by atoms with Gasteiger partial charge in [0.25, 0.3) is 0 Å². The number of rotatable bonds is 2. The maximum Gasteiger partial charge on any atom is 0.114 e. The van der Waals surface area contributed by atoms with Crippen LogP contribution in [0.3, 0.4) is 0 Å². The largest absolute Gasteiger partial charge is 0.384 e. The first-order valence-corrected chi connectivity index (χ1v) is 7.48. The molecule has 1 unspecified atom stereocenters. The van der Waals surface area contributed by atoms with Crippen molar-refractivity contribution in [1.82, 2.24) is 20.3 Å². The van der Waals surface area contributed by atoms with Gasteiger partial charge in [0.05, 0.1) is 17.8 Å². The number of aromatic nitrogens is 3. The second kappa shape index (κ2) is 5.09. The molecule has 0 saturated carbocycles. The van der Waals surface area contributed by atoms with Crippen molar-refractivity contribution >= 4 is 0 Å². The molecule has 0 aliphatic carbocycles. The van der Waals surface area contributed by atoms with Gasteiger partial charge < -0.3 is 15.2 Å². The van der Waals surface area contributed by atoms with E-state index in [1.807, 2.05) is 10.9 Å². The number of ether oxygens (including phenoxy) is 1. The van der Waals surface area contributed by atoms with Gasteiger partial charge in [-0.15, -0.1) is 5.10 Å². The predicted molar refractivity (Wildman–Crippen MR) is 74.3 cm³/mol. The van der Waals surface area contributed by atoms with Crippen LogP contribution in [0.15, 0.2) is 6.20 Å². The Bertz CT molecular complexity index is 454. The summed E-state index contributed by atoms with van der Waals surface area (Å²) >= 11 is 0. The summed E-state index contributed by atoms with van der Waals surface area (Å²) in [4.78, 5) is 0. The maximum atomic E-state index is 9.99. The fraction of sp³-hybridized carbons (Fsp3) is 0.857. The molecule has 3 rings (SSSR count). The van der Waals surface area contributed by atoms with Crippen molar-refractivity contribution in [2.24, 2.45) is 0 Å². The fourth-order valence-electron chi connectivity index (χ4n) is 3.19. The quantitative estimate of drug-likeness (QED) is 0.845. The minimum absolute atomic E-state index is 0.00894. The van der Waals surface area contributed by atoms with Crippen molar-refractivity contribution < 1.29 is 9.84 Å². The Morgan fingerprint density at radius 1 is 1.45 bits per heavy atom. The van der Waals surface area contributed by atoms with Gasteiger partial charge in [0.1, 0.15) is 11.3 Å². The summed E-state index contributed by atoms with van der Waals surface area (Å²) in [5, 5.41) is 21.7. The van der Waals surface area contributed by atoms with Crippen LogP contribution in [-0.4, -0.2) is 45.4 Å². The molecular weight excluding hydrogens is 256 g/mol. The summed E-state index contributed by atoms with van der Waals surface area (Å²) in [5.74, 6) is 0. The molecular formula is C14H24N4O2. The zero-order chi connectivity index (χ0) is 14.2. The highest BCUT2D eigenvalue weighted by Gasteiger charge is 2.39. The number of hydrogen-bond acceptors (Lipinski definition) is 5. The van der Waals surface area contributed by atoms with E-state index in [4.69, 9.17) is 4.74 Å². The van der Waals surface area contributed by atoms with Gasteiger partial charge in [0.2, 0.25) is 0 Å². The normalized spacial score (nSPS) is 26.9. The molecule has 2 saturated heterocycles. The SMILES string of the molecule is CC(C)(O)c1cn(C2CCOC3(CCNCC3)C2)nn1.